The van der Waals surface area contributed by atoms with Gasteiger partial charge in [-0.15, -0.1) is 0 Å². The lowest BCUT2D eigenvalue weighted by atomic mass is 10.2. The standard InChI is InChI=1S/C19H22N2O3/c1-4-13(2)24-18-11-5-15(6-12-18)19(23)21-17-9-7-16(8-10-17)20-14(3)22/h5-13H,4H2,1-3H3,(H,20,22)(H,21,23)/t13-/m0/s1. The zero-order chi connectivity index (χ0) is 17.5. The molecule has 24 heavy (non-hydrogen) atoms. The van der Waals surface area contributed by atoms with Gasteiger partial charge in [-0.05, 0) is 61.9 Å². The molecule has 0 unspecified atom stereocenters. The minimum absolute atomic E-state index is 0.133. The van der Waals surface area contributed by atoms with Crippen LogP contribution in [-0.4, -0.2) is 17.9 Å². The molecule has 0 aliphatic rings. The molecule has 2 N–H and O–H groups in total. The maximum Gasteiger partial charge on any atom is 0.255 e. The molecule has 5 heteroatoms. The van der Waals surface area contributed by atoms with Gasteiger partial charge in [0, 0.05) is 23.9 Å². The number of anilines is 2. The van der Waals surface area contributed by atoms with E-state index in [0.29, 0.717) is 16.9 Å². The summed E-state index contributed by atoms with van der Waals surface area (Å²) in [5.41, 5.74) is 1.90. The number of benzene rings is 2. The molecule has 0 bridgehead atoms. The second kappa shape index (κ2) is 8.15. The molecule has 0 aromatic heterocycles. The summed E-state index contributed by atoms with van der Waals surface area (Å²) in [7, 11) is 0. The van der Waals surface area contributed by atoms with Gasteiger partial charge in [0.05, 0.1) is 6.10 Å². The molecule has 5 nitrogen and oxygen atoms in total. The molecule has 2 amide bonds. The normalized spacial score (nSPS) is 11.5. The van der Waals surface area contributed by atoms with Crippen molar-refractivity contribution in [1.29, 1.82) is 0 Å². The van der Waals surface area contributed by atoms with Crippen molar-refractivity contribution in [2.24, 2.45) is 0 Å². The number of carbonyl (C=O) groups excluding carboxylic acids is 2. The molecule has 0 heterocycles. The third kappa shape index (κ3) is 5.12. The Morgan fingerprint density at radius 2 is 1.50 bits per heavy atom. The lowest BCUT2D eigenvalue weighted by molar-refractivity contribution is -0.114. The lowest BCUT2D eigenvalue weighted by Gasteiger charge is -2.12. The summed E-state index contributed by atoms with van der Waals surface area (Å²) < 4.78 is 5.70. The molecule has 2 rings (SSSR count). The molecule has 0 saturated carbocycles. The number of ether oxygens (including phenoxy) is 1. The second-order valence-corrected chi connectivity index (χ2v) is 5.57. The monoisotopic (exact) mass is 326 g/mol. The van der Waals surface area contributed by atoms with Gasteiger partial charge < -0.3 is 15.4 Å². The number of hydrogen-bond donors (Lipinski definition) is 2. The fraction of sp³-hybridized carbons (Fsp3) is 0.263. The Morgan fingerprint density at radius 1 is 0.958 bits per heavy atom. The summed E-state index contributed by atoms with van der Waals surface area (Å²) in [6.07, 6.45) is 1.07. The Hall–Kier alpha value is -2.82. The van der Waals surface area contributed by atoms with Crippen LogP contribution in [0.1, 0.15) is 37.6 Å². The van der Waals surface area contributed by atoms with Crippen LogP contribution in [0.15, 0.2) is 48.5 Å². The van der Waals surface area contributed by atoms with E-state index in [9.17, 15) is 9.59 Å². The van der Waals surface area contributed by atoms with Crippen molar-refractivity contribution in [1.82, 2.24) is 0 Å². The van der Waals surface area contributed by atoms with Gasteiger partial charge >= 0.3 is 0 Å². The molecule has 0 fully saturated rings. The second-order valence-electron chi connectivity index (χ2n) is 5.57. The number of hydrogen-bond acceptors (Lipinski definition) is 3. The molecule has 0 saturated heterocycles. The van der Waals surface area contributed by atoms with Crippen LogP contribution < -0.4 is 15.4 Å². The minimum Gasteiger partial charge on any atom is -0.491 e. The van der Waals surface area contributed by atoms with Crippen molar-refractivity contribution < 1.29 is 14.3 Å². The van der Waals surface area contributed by atoms with Crippen molar-refractivity contribution in [3.05, 3.63) is 54.1 Å². The maximum absolute atomic E-state index is 12.2. The van der Waals surface area contributed by atoms with E-state index in [0.717, 1.165) is 12.2 Å². The van der Waals surface area contributed by atoms with E-state index in [-0.39, 0.29) is 17.9 Å². The molecule has 1 atom stereocenters. The van der Waals surface area contributed by atoms with Crippen LogP contribution in [0.5, 0.6) is 5.75 Å². The minimum atomic E-state index is -0.197. The number of carbonyl (C=O) groups is 2. The van der Waals surface area contributed by atoms with Gasteiger partial charge in [0.25, 0.3) is 5.91 Å². The number of rotatable bonds is 6. The molecule has 0 radical (unpaired) electrons. The Morgan fingerprint density at radius 3 is 2.00 bits per heavy atom. The van der Waals surface area contributed by atoms with Crippen LogP contribution in [0.4, 0.5) is 11.4 Å². The van der Waals surface area contributed by atoms with E-state index >= 15 is 0 Å². The van der Waals surface area contributed by atoms with Crippen LogP contribution in [0.3, 0.4) is 0 Å². The molecule has 2 aromatic rings. The summed E-state index contributed by atoms with van der Waals surface area (Å²) in [6.45, 7) is 5.51. The van der Waals surface area contributed by atoms with E-state index in [1.165, 1.54) is 6.92 Å². The predicted octanol–water partition coefficient (Wildman–Crippen LogP) is 4.07. The summed E-state index contributed by atoms with van der Waals surface area (Å²) in [5, 5.41) is 5.50. The highest BCUT2D eigenvalue weighted by atomic mass is 16.5. The van der Waals surface area contributed by atoms with E-state index in [1.54, 1.807) is 48.5 Å². The van der Waals surface area contributed by atoms with Gasteiger partial charge in [0.15, 0.2) is 0 Å². The SMILES string of the molecule is CC[C@H](C)Oc1ccc(C(=O)Nc2ccc(NC(C)=O)cc2)cc1. The number of nitrogens with one attached hydrogen (secondary N) is 2. The predicted molar refractivity (Wildman–Crippen MR) is 95.5 cm³/mol. The van der Waals surface area contributed by atoms with E-state index in [1.807, 2.05) is 6.92 Å². The fourth-order valence-corrected chi connectivity index (χ4v) is 2.04. The van der Waals surface area contributed by atoms with Gasteiger partial charge in [-0.2, -0.15) is 0 Å². The topological polar surface area (TPSA) is 67.4 Å². The first kappa shape index (κ1) is 17.5. The van der Waals surface area contributed by atoms with Crippen LogP contribution in [-0.2, 0) is 4.79 Å². The zero-order valence-corrected chi connectivity index (χ0v) is 14.1. The molecule has 126 valence electrons. The van der Waals surface area contributed by atoms with E-state index in [4.69, 9.17) is 4.74 Å². The lowest BCUT2D eigenvalue weighted by Crippen LogP contribution is -2.13. The molecule has 0 aliphatic heterocycles. The van der Waals surface area contributed by atoms with Crippen LogP contribution >= 0.6 is 0 Å². The fourth-order valence-electron chi connectivity index (χ4n) is 2.04. The third-order valence-corrected chi connectivity index (χ3v) is 3.49. The van der Waals surface area contributed by atoms with Crippen LogP contribution in [0.2, 0.25) is 0 Å². The molecule has 0 spiro atoms. The summed E-state index contributed by atoms with van der Waals surface area (Å²) in [4.78, 5) is 23.2. The average molecular weight is 326 g/mol. The van der Waals surface area contributed by atoms with E-state index < -0.39 is 0 Å². The summed E-state index contributed by atoms with van der Waals surface area (Å²) in [5.74, 6) is 0.421. The molecule has 2 aromatic carbocycles. The quantitative estimate of drug-likeness (QED) is 0.840. The van der Waals surface area contributed by atoms with Crippen molar-refractivity contribution in [3.63, 3.8) is 0 Å². The van der Waals surface area contributed by atoms with Gasteiger partial charge in [-0.25, -0.2) is 0 Å². The van der Waals surface area contributed by atoms with Crippen molar-refractivity contribution in [2.45, 2.75) is 33.3 Å². The summed E-state index contributed by atoms with van der Waals surface area (Å²) >= 11 is 0. The summed E-state index contributed by atoms with van der Waals surface area (Å²) in [6, 6.07) is 14.0. The van der Waals surface area contributed by atoms with Crippen molar-refractivity contribution in [3.8, 4) is 5.75 Å². The van der Waals surface area contributed by atoms with Crippen LogP contribution in [0, 0.1) is 0 Å². The zero-order valence-electron chi connectivity index (χ0n) is 14.1. The Bertz CT molecular complexity index is 694. The number of amides is 2. The van der Waals surface area contributed by atoms with Crippen molar-refractivity contribution in [2.75, 3.05) is 10.6 Å². The van der Waals surface area contributed by atoms with Gasteiger partial charge in [0.2, 0.25) is 5.91 Å². The van der Waals surface area contributed by atoms with Crippen LogP contribution in [0.25, 0.3) is 0 Å². The first-order valence-electron chi connectivity index (χ1n) is 7.93. The first-order chi connectivity index (χ1) is 11.5. The van der Waals surface area contributed by atoms with E-state index in [2.05, 4.69) is 17.6 Å². The van der Waals surface area contributed by atoms with Crippen molar-refractivity contribution >= 4 is 23.2 Å². The molecular weight excluding hydrogens is 304 g/mol. The Balaban J connectivity index is 1.97. The maximum atomic E-state index is 12.2. The first-order valence-corrected chi connectivity index (χ1v) is 7.93. The van der Waals surface area contributed by atoms with Gasteiger partial charge in [-0.3, -0.25) is 9.59 Å². The van der Waals surface area contributed by atoms with Gasteiger partial charge in [0.1, 0.15) is 5.75 Å². The molecule has 0 aliphatic carbocycles. The Kier molecular flexibility index (Phi) is 5.95. The largest absolute Gasteiger partial charge is 0.491 e. The highest BCUT2D eigenvalue weighted by Gasteiger charge is 2.07. The third-order valence-electron chi connectivity index (χ3n) is 3.49. The smallest absolute Gasteiger partial charge is 0.255 e. The molecular formula is C19H22N2O3. The van der Waals surface area contributed by atoms with Gasteiger partial charge in [-0.1, -0.05) is 6.92 Å². The Labute approximate surface area is 142 Å². The average Bonchev–Trinajstić information content (AvgIpc) is 2.56. The highest BCUT2D eigenvalue weighted by molar-refractivity contribution is 6.04. The highest BCUT2D eigenvalue weighted by Crippen LogP contribution is 2.17.